The van der Waals surface area contributed by atoms with Crippen LogP contribution in [0.3, 0.4) is 0 Å². The molecule has 138 valence electrons. The van der Waals surface area contributed by atoms with Crippen LogP contribution < -0.4 is 10.6 Å². The molecule has 2 aromatic rings. The van der Waals surface area contributed by atoms with E-state index in [1.807, 2.05) is 0 Å². The van der Waals surface area contributed by atoms with Crippen LogP contribution in [0.5, 0.6) is 0 Å². The second-order valence-corrected chi connectivity index (χ2v) is 8.21. The Hall–Kier alpha value is -1.90. The molecule has 2 aromatic heterocycles. The summed E-state index contributed by atoms with van der Waals surface area (Å²) in [7, 11) is 1.54. The summed E-state index contributed by atoms with van der Waals surface area (Å²) >= 11 is 6.39. The van der Waals surface area contributed by atoms with Crippen LogP contribution in [0.1, 0.15) is 31.4 Å². The van der Waals surface area contributed by atoms with Gasteiger partial charge in [0.05, 0.1) is 29.6 Å². The quantitative estimate of drug-likeness (QED) is 0.571. The van der Waals surface area contributed by atoms with Crippen molar-refractivity contribution >= 4 is 34.4 Å². The molecule has 4 N–H and O–H groups in total. The highest BCUT2D eigenvalue weighted by Gasteiger charge is 2.76. The van der Waals surface area contributed by atoms with E-state index in [1.54, 1.807) is 17.9 Å². The van der Waals surface area contributed by atoms with Crippen LogP contribution in [0.2, 0.25) is 5.15 Å². The minimum atomic E-state index is -1.37. The van der Waals surface area contributed by atoms with Crippen LogP contribution >= 0.6 is 11.6 Å². The number of carbonyl (C=O) groups is 1. The highest BCUT2D eigenvalue weighted by Crippen LogP contribution is 2.66. The smallest absolute Gasteiger partial charge is 0.228 e. The van der Waals surface area contributed by atoms with Gasteiger partial charge in [0.1, 0.15) is 16.3 Å². The number of fused-ring (bicyclic) bond motifs is 4. The number of rotatable bonds is 2. The van der Waals surface area contributed by atoms with Gasteiger partial charge in [0, 0.05) is 18.7 Å². The maximum atomic E-state index is 12.3. The molecule has 0 aromatic carbocycles. The number of hydrogen-bond acceptors (Lipinski definition) is 6. The van der Waals surface area contributed by atoms with Crippen LogP contribution in [-0.2, 0) is 11.2 Å². The lowest BCUT2D eigenvalue weighted by molar-refractivity contribution is -0.199. The van der Waals surface area contributed by atoms with Gasteiger partial charge in [-0.1, -0.05) is 11.6 Å². The maximum Gasteiger partial charge on any atom is 0.228 e. The maximum absolute atomic E-state index is 12.3. The van der Waals surface area contributed by atoms with Gasteiger partial charge in [-0.2, -0.15) is 0 Å². The lowest BCUT2D eigenvalue weighted by atomic mass is 9.63. The first-order valence-electron chi connectivity index (χ1n) is 8.76. The summed E-state index contributed by atoms with van der Waals surface area (Å²) in [6.07, 6.45) is 1.85. The Kier molecular flexibility index (Phi) is 3.05. The molecule has 3 fully saturated rings. The zero-order chi connectivity index (χ0) is 18.4. The number of pyridine rings is 1. The van der Waals surface area contributed by atoms with Gasteiger partial charge < -0.3 is 25.4 Å². The van der Waals surface area contributed by atoms with E-state index in [1.165, 1.54) is 0 Å². The Morgan fingerprint density at radius 3 is 3.00 bits per heavy atom. The summed E-state index contributed by atoms with van der Waals surface area (Å²) in [6, 6.07) is -0.234. The monoisotopic (exact) mass is 377 g/mol. The summed E-state index contributed by atoms with van der Waals surface area (Å²) in [5.74, 6) is -0.246. The Balaban J connectivity index is 1.63. The van der Waals surface area contributed by atoms with Crippen molar-refractivity contribution in [3.63, 3.8) is 0 Å². The number of halogens is 1. The fourth-order valence-electron chi connectivity index (χ4n) is 5.16. The van der Waals surface area contributed by atoms with E-state index in [9.17, 15) is 15.0 Å². The normalized spacial score (nSPS) is 37.3. The van der Waals surface area contributed by atoms with Crippen molar-refractivity contribution in [2.45, 2.75) is 50.0 Å². The Morgan fingerprint density at radius 2 is 2.31 bits per heavy atom. The number of anilines is 1. The van der Waals surface area contributed by atoms with Gasteiger partial charge in [0.2, 0.25) is 5.91 Å². The van der Waals surface area contributed by atoms with E-state index in [0.717, 1.165) is 17.7 Å². The number of aromatic nitrogens is 3. The third kappa shape index (κ3) is 1.70. The minimum Gasteiger partial charge on any atom is -0.389 e. The largest absolute Gasteiger partial charge is 0.389 e. The molecule has 4 aliphatic rings. The zero-order valence-electron chi connectivity index (χ0n) is 14.5. The molecule has 26 heavy (non-hydrogen) atoms. The summed E-state index contributed by atoms with van der Waals surface area (Å²) in [6.45, 7) is 2.07. The molecule has 6 rings (SSSR count). The van der Waals surface area contributed by atoms with Crippen molar-refractivity contribution in [1.82, 2.24) is 19.9 Å². The summed E-state index contributed by atoms with van der Waals surface area (Å²) in [5.41, 5.74) is 0.760. The molecule has 0 spiro atoms. The zero-order valence-corrected chi connectivity index (χ0v) is 15.2. The second-order valence-electron chi connectivity index (χ2n) is 7.86. The molecule has 9 heteroatoms. The van der Waals surface area contributed by atoms with Gasteiger partial charge in [-0.15, -0.1) is 0 Å². The van der Waals surface area contributed by atoms with Gasteiger partial charge in [0.25, 0.3) is 0 Å². The number of nitrogens with zero attached hydrogens (tertiary/aromatic N) is 3. The third-order valence-corrected chi connectivity index (χ3v) is 6.72. The number of hydrogen-bond donors (Lipinski definition) is 4. The van der Waals surface area contributed by atoms with Crippen LogP contribution in [0, 0.1) is 5.41 Å². The highest BCUT2D eigenvalue weighted by atomic mass is 35.5. The molecule has 1 unspecified atom stereocenters. The molecule has 3 heterocycles. The van der Waals surface area contributed by atoms with Crippen molar-refractivity contribution in [3.8, 4) is 0 Å². The number of imidazole rings is 1. The molecule has 8 nitrogen and oxygen atoms in total. The first-order valence-corrected chi connectivity index (χ1v) is 9.13. The van der Waals surface area contributed by atoms with Crippen molar-refractivity contribution in [3.05, 3.63) is 17.0 Å². The van der Waals surface area contributed by atoms with Crippen LogP contribution in [0.25, 0.3) is 11.2 Å². The molecule has 0 saturated heterocycles. The van der Waals surface area contributed by atoms with Crippen molar-refractivity contribution < 1.29 is 15.0 Å². The number of aliphatic hydroxyl groups is 2. The fourth-order valence-corrected chi connectivity index (χ4v) is 5.41. The van der Waals surface area contributed by atoms with Gasteiger partial charge in [-0.3, -0.25) is 4.79 Å². The van der Waals surface area contributed by atoms with E-state index in [0.29, 0.717) is 22.7 Å². The van der Waals surface area contributed by atoms with Crippen molar-refractivity contribution in [2.75, 3.05) is 12.4 Å². The fraction of sp³-hybridized carbons (Fsp3) is 0.588. The predicted octanol–water partition coefficient (Wildman–Crippen LogP) is 0.614. The van der Waals surface area contributed by atoms with E-state index in [2.05, 4.69) is 27.5 Å². The average Bonchev–Trinajstić information content (AvgIpc) is 3.32. The number of carbonyl (C=O) groups excluding carboxylic acids is 1. The van der Waals surface area contributed by atoms with E-state index in [-0.39, 0.29) is 18.4 Å². The summed E-state index contributed by atoms with van der Waals surface area (Å²) in [5, 5.41) is 27.9. The van der Waals surface area contributed by atoms with Crippen molar-refractivity contribution in [1.29, 1.82) is 0 Å². The molecular formula is C17H20ClN5O3. The third-order valence-electron chi connectivity index (χ3n) is 6.41. The first kappa shape index (κ1) is 16.3. The average molecular weight is 378 g/mol. The summed E-state index contributed by atoms with van der Waals surface area (Å²) < 4.78 is 1.76. The van der Waals surface area contributed by atoms with Gasteiger partial charge in [0.15, 0.2) is 5.65 Å². The Morgan fingerprint density at radius 1 is 1.54 bits per heavy atom. The summed E-state index contributed by atoms with van der Waals surface area (Å²) in [4.78, 5) is 21.3. The topological polar surface area (TPSA) is 112 Å². The van der Waals surface area contributed by atoms with E-state index < -0.39 is 23.2 Å². The van der Waals surface area contributed by atoms with Gasteiger partial charge in [-0.05, 0) is 26.2 Å². The number of nitrogens with one attached hydrogen (secondary N) is 2. The van der Waals surface area contributed by atoms with Crippen molar-refractivity contribution in [2.24, 2.45) is 5.41 Å². The lowest BCUT2D eigenvalue weighted by Crippen LogP contribution is -2.64. The van der Waals surface area contributed by atoms with E-state index in [4.69, 9.17) is 11.6 Å². The molecule has 1 amide bonds. The SMILES string of the molecule is CNC(=O)[C@]12C[C@@H](n3cnc4c5c(c(Cl)nc43)CC(C)N5)[C@](O)(C1)[C@@H]2O. The minimum absolute atomic E-state index is 0.221. The Labute approximate surface area is 154 Å². The standard InChI is InChI=1S/C17H20ClN5O3/c1-7-3-8-10(21-7)11-13(22-12(8)18)23(6-20-11)9-4-16(15(25)19-2)5-17(9,26)14(16)24/h6-7,9,14,21,24,26H,3-5H2,1-2H3,(H,19,25)/t7?,9-,14-,16-,17-/m1/s1. The molecule has 3 aliphatic carbocycles. The van der Waals surface area contributed by atoms with E-state index >= 15 is 0 Å². The van der Waals surface area contributed by atoms with Crippen LogP contribution in [-0.4, -0.2) is 55.4 Å². The Bertz CT molecular complexity index is 962. The van der Waals surface area contributed by atoms with Gasteiger partial charge >= 0.3 is 0 Å². The first-order chi connectivity index (χ1) is 12.3. The number of aliphatic hydroxyl groups excluding tert-OH is 1. The van der Waals surface area contributed by atoms with Gasteiger partial charge in [-0.25, -0.2) is 9.97 Å². The lowest BCUT2D eigenvalue weighted by Gasteiger charge is -2.48. The molecule has 1 aliphatic heterocycles. The molecule has 2 bridgehead atoms. The number of amides is 1. The highest BCUT2D eigenvalue weighted by molar-refractivity contribution is 6.31. The molecule has 0 radical (unpaired) electrons. The predicted molar refractivity (Wildman–Crippen MR) is 95.1 cm³/mol. The van der Waals surface area contributed by atoms with Crippen LogP contribution in [0.15, 0.2) is 6.33 Å². The second kappa shape index (κ2) is 4.88. The molecular weight excluding hydrogens is 358 g/mol. The molecule has 3 saturated carbocycles. The van der Waals surface area contributed by atoms with Crippen LogP contribution in [0.4, 0.5) is 5.69 Å². The molecule has 5 atom stereocenters.